The van der Waals surface area contributed by atoms with Crippen molar-refractivity contribution >= 4 is 58.7 Å². The summed E-state index contributed by atoms with van der Waals surface area (Å²) in [6.07, 6.45) is 5.09. The Kier molecular flexibility index (Phi) is 11.8. The third kappa shape index (κ3) is 7.86. The number of thioether (sulfide) groups is 1. The molecular formula is C34H36ClN6NaO10S. The number of hydrogen-bond acceptors (Lipinski definition) is 13. The molecule has 0 saturated carbocycles. The van der Waals surface area contributed by atoms with Gasteiger partial charge in [0.1, 0.15) is 18.0 Å². The minimum absolute atomic E-state index is 0. The molecular weight excluding hydrogens is 743 g/mol. The number of aromatic nitrogens is 1. The standard InChI is InChI=1S/C34H37ClN6O10S.Na/c1-33(2,32(49)50)51-39-23(18-4-3-10-36-14-18)28(45)38-24-29(46)40-25(31(47)48)19(16-52-30(24)40)15-41-11-7-34(8-12-41,9-13-41)17-37-27(44)20-5-6-21(42)26(43)22(20)35;/h3-6,10,14,24,30H,7-9,11-13,15-17H2,1-2H3,(H5-,37,38,39,42,43,44,45,47,48,49,50);/q;+1/p-1/t24?,30-,34?,41?;/m1./s1. The molecule has 2 aromatic rings. The van der Waals surface area contributed by atoms with Gasteiger partial charge in [0.15, 0.2) is 22.8 Å². The number of fused-ring (bicyclic) bond motifs is 4. The van der Waals surface area contributed by atoms with Gasteiger partial charge in [0.25, 0.3) is 17.7 Å². The second kappa shape index (κ2) is 15.5. The number of amides is 3. The molecule has 53 heavy (non-hydrogen) atoms. The van der Waals surface area contributed by atoms with Gasteiger partial charge in [-0.2, -0.15) is 0 Å². The number of β-lactam (4-membered cyclic amide) rings is 1. The van der Waals surface area contributed by atoms with Gasteiger partial charge >= 0.3 is 29.6 Å². The number of carbonyl (C=O) groups excluding carboxylic acids is 5. The minimum Gasteiger partial charge on any atom is -0.546 e. The van der Waals surface area contributed by atoms with E-state index in [1.54, 1.807) is 0 Å². The van der Waals surface area contributed by atoms with Gasteiger partial charge in [0.05, 0.1) is 47.9 Å². The van der Waals surface area contributed by atoms with Crippen molar-refractivity contribution in [2.24, 2.45) is 10.6 Å². The Labute approximate surface area is 335 Å². The average molecular weight is 779 g/mol. The number of oxime groups is 1. The Morgan fingerprint density at radius 1 is 1.15 bits per heavy atom. The van der Waals surface area contributed by atoms with Crippen LogP contribution >= 0.6 is 23.4 Å². The van der Waals surface area contributed by atoms with Crippen molar-refractivity contribution in [3.63, 3.8) is 0 Å². The normalized spacial score (nSPS) is 25.1. The maximum Gasteiger partial charge on any atom is 1.00 e. The van der Waals surface area contributed by atoms with Crippen LogP contribution in [0.2, 0.25) is 5.02 Å². The number of carboxylic acids is 2. The number of aliphatic carboxylic acids is 2. The van der Waals surface area contributed by atoms with Crippen LogP contribution in [0.3, 0.4) is 0 Å². The van der Waals surface area contributed by atoms with E-state index in [-0.39, 0.29) is 68.3 Å². The fourth-order valence-corrected chi connectivity index (χ4v) is 8.64. The fraction of sp³-hybridized carbons (Fsp3) is 0.441. The van der Waals surface area contributed by atoms with Crippen LogP contribution in [-0.2, 0) is 24.0 Å². The summed E-state index contributed by atoms with van der Waals surface area (Å²) in [6.45, 7) is 5.37. The summed E-state index contributed by atoms with van der Waals surface area (Å²) in [5.74, 6) is -5.71. The van der Waals surface area contributed by atoms with E-state index in [9.17, 15) is 44.4 Å². The molecule has 19 heteroatoms. The second-order valence-electron chi connectivity index (χ2n) is 14.1. The molecule has 7 rings (SSSR count). The Balaban J connectivity index is 0.00000541. The summed E-state index contributed by atoms with van der Waals surface area (Å²) in [5.41, 5.74) is -1.76. The summed E-state index contributed by atoms with van der Waals surface area (Å²) in [4.78, 5) is 74.0. The van der Waals surface area contributed by atoms with Gasteiger partial charge in [-0.15, -0.1) is 11.8 Å². The van der Waals surface area contributed by atoms with Crippen molar-refractivity contribution in [3.05, 3.63) is 64.1 Å². The predicted octanol–water partition coefficient (Wildman–Crippen LogP) is -3.77. The van der Waals surface area contributed by atoms with Crippen molar-refractivity contribution < 1.29 is 83.3 Å². The van der Waals surface area contributed by atoms with Crippen LogP contribution in [0.25, 0.3) is 0 Å². The molecule has 5 aliphatic rings. The van der Waals surface area contributed by atoms with Gasteiger partial charge in [-0.25, -0.2) is 0 Å². The maximum atomic E-state index is 13.5. The first kappa shape index (κ1) is 40.3. The van der Waals surface area contributed by atoms with Gasteiger partial charge in [-0.05, 0) is 38.1 Å². The molecule has 1 aromatic heterocycles. The average Bonchev–Trinajstić information content (AvgIpc) is 3.13. The number of nitrogens with one attached hydrogen (secondary N) is 2. The molecule has 0 radical (unpaired) electrons. The number of nitrogens with zero attached hydrogens (tertiary/aromatic N) is 4. The van der Waals surface area contributed by atoms with E-state index in [0.717, 1.165) is 43.8 Å². The fourth-order valence-electron chi connectivity index (χ4n) is 7.06. The molecule has 4 N–H and O–H groups in total. The SMILES string of the molecule is CC(C)(O/N=C(\C(=O)NC1C(=O)N2C(C(=O)[O-])=C(C[N+]34CCC(CNC(=O)c5ccc(O)c(O)c5Cl)(CC3)CC4)CS[C@H]12)c1cccnc1)C(=O)[O-].[Na+]. The van der Waals surface area contributed by atoms with Gasteiger partial charge in [-0.1, -0.05) is 16.8 Å². The molecule has 2 atom stereocenters. The van der Waals surface area contributed by atoms with Crippen LogP contribution in [0, 0.1) is 5.41 Å². The van der Waals surface area contributed by atoms with Crippen molar-refractivity contribution in [2.75, 3.05) is 38.5 Å². The summed E-state index contributed by atoms with van der Waals surface area (Å²) >= 11 is 7.39. The number of piperidine rings is 3. The van der Waals surface area contributed by atoms with Crippen molar-refractivity contribution in [2.45, 2.75) is 50.1 Å². The molecule has 4 fully saturated rings. The Bertz CT molecular complexity index is 1890. The van der Waals surface area contributed by atoms with Crippen LogP contribution in [0.5, 0.6) is 11.5 Å². The Hall–Kier alpha value is -3.87. The van der Waals surface area contributed by atoms with Gasteiger partial charge < -0.3 is 50.0 Å². The first-order chi connectivity index (χ1) is 24.6. The topological polar surface area (TPSA) is 234 Å². The molecule has 1 aromatic carbocycles. The number of aromatic hydroxyl groups is 2. The van der Waals surface area contributed by atoms with Crippen molar-refractivity contribution in [1.82, 2.24) is 20.5 Å². The van der Waals surface area contributed by atoms with Crippen LogP contribution in [-0.4, -0.2) is 115 Å². The largest absolute Gasteiger partial charge is 1.00 e. The molecule has 6 heterocycles. The van der Waals surface area contributed by atoms with Crippen molar-refractivity contribution in [1.29, 1.82) is 0 Å². The van der Waals surface area contributed by atoms with Crippen LogP contribution < -0.4 is 50.4 Å². The number of benzene rings is 1. The molecule has 3 amide bonds. The number of quaternary nitrogens is 1. The van der Waals surface area contributed by atoms with Gasteiger partial charge in [0, 0.05) is 60.5 Å². The molecule has 276 valence electrons. The number of phenols is 2. The number of carboxylic acid groups (broad SMARTS) is 2. The number of phenolic OH excluding ortho intramolecular Hbond substituents is 2. The summed E-state index contributed by atoms with van der Waals surface area (Å²) in [6, 6.07) is 4.48. The maximum absolute atomic E-state index is 13.5. The zero-order valence-electron chi connectivity index (χ0n) is 29.2. The number of halogens is 1. The van der Waals surface area contributed by atoms with E-state index in [0.29, 0.717) is 23.1 Å². The quantitative estimate of drug-likeness (QED) is 0.0406. The van der Waals surface area contributed by atoms with E-state index in [2.05, 4.69) is 20.8 Å². The van der Waals surface area contributed by atoms with Crippen molar-refractivity contribution in [3.8, 4) is 11.5 Å². The summed E-state index contributed by atoms with van der Waals surface area (Å²) in [7, 11) is 0. The van der Waals surface area contributed by atoms with Gasteiger partial charge in [0.2, 0.25) is 0 Å². The van der Waals surface area contributed by atoms with Gasteiger partial charge in [-0.3, -0.25) is 24.3 Å². The third-order valence-corrected chi connectivity index (χ3v) is 12.1. The molecule has 0 aliphatic carbocycles. The molecule has 16 nitrogen and oxygen atoms in total. The smallest absolute Gasteiger partial charge is 0.546 e. The van der Waals surface area contributed by atoms with E-state index in [4.69, 9.17) is 16.4 Å². The predicted molar refractivity (Wildman–Crippen MR) is 181 cm³/mol. The first-order valence-electron chi connectivity index (χ1n) is 16.5. The molecule has 4 saturated heterocycles. The molecule has 5 aliphatic heterocycles. The molecule has 1 unspecified atom stereocenters. The number of rotatable bonds is 12. The summed E-state index contributed by atoms with van der Waals surface area (Å²) < 4.78 is 0.625. The Morgan fingerprint density at radius 3 is 2.43 bits per heavy atom. The zero-order chi connectivity index (χ0) is 37.6. The molecule has 2 bridgehead atoms. The minimum atomic E-state index is -1.87. The monoisotopic (exact) mass is 778 g/mol. The first-order valence-corrected chi connectivity index (χ1v) is 17.9. The van der Waals surface area contributed by atoms with Crippen LogP contribution in [0.15, 0.2) is 53.1 Å². The number of pyridine rings is 1. The van der Waals surface area contributed by atoms with E-state index >= 15 is 0 Å². The second-order valence-corrected chi connectivity index (χ2v) is 15.6. The number of carbonyl (C=O) groups is 5. The number of hydrogen-bond donors (Lipinski definition) is 4. The third-order valence-electron chi connectivity index (χ3n) is 10.4. The van der Waals surface area contributed by atoms with Crippen LogP contribution in [0.1, 0.15) is 49.0 Å². The summed E-state index contributed by atoms with van der Waals surface area (Å²) in [5, 5.41) is 51.8. The zero-order valence-corrected chi connectivity index (χ0v) is 32.8. The van der Waals surface area contributed by atoms with E-state index < -0.39 is 58.2 Å². The Morgan fingerprint density at radius 2 is 1.83 bits per heavy atom. The van der Waals surface area contributed by atoms with E-state index in [1.165, 1.54) is 62.3 Å². The van der Waals surface area contributed by atoms with E-state index in [1.807, 2.05) is 0 Å². The molecule has 0 spiro atoms. The van der Waals surface area contributed by atoms with Crippen LogP contribution in [0.4, 0.5) is 0 Å².